The standard InChI is InChI=1S/C15H15N5OS3/c1-9-3-5-11(6-4-9)12-7-22-14(19-18-12)16-13(21)8-23-15-20-17-10(2)24-15/h3-6H,7-8H2,1-2H3,(H,16,19,21). The molecule has 0 fully saturated rings. The molecule has 3 rings (SSSR count). The van der Waals surface area contributed by atoms with Crippen LogP contribution in [0.4, 0.5) is 0 Å². The van der Waals surface area contributed by atoms with Crippen LogP contribution in [0.15, 0.2) is 38.8 Å². The number of benzene rings is 1. The predicted molar refractivity (Wildman–Crippen MR) is 101 cm³/mol. The number of carbonyl (C=O) groups is 1. The van der Waals surface area contributed by atoms with Gasteiger partial charge >= 0.3 is 0 Å². The zero-order valence-electron chi connectivity index (χ0n) is 13.1. The normalized spacial score (nSPS) is 14.1. The lowest BCUT2D eigenvalue weighted by molar-refractivity contribution is -0.117. The first kappa shape index (κ1) is 17.1. The summed E-state index contributed by atoms with van der Waals surface area (Å²) >= 11 is 4.32. The number of amides is 1. The van der Waals surface area contributed by atoms with Gasteiger partial charge in [0.15, 0.2) is 9.51 Å². The molecule has 0 unspecified atom stereocenters. The molecule has 0 bridgehead atoms. The summed E-state index contributed by atoms with van der Waals surface area (Å²) in [7, 11) is 0. The highest BCUT2D eigenvalue weighted by atomic mass is 32.2. The van der Waals surface area contributed by atoms with Crippen molar-refractivity contribution in [2.24, 2.45) is 10.2 Å². The molecule has 6 nitrogen and oxygen atoms in total. The Morgan fingerprint density at radius 3 is 2.62 bits per heavy atom. The second-order valence-corrected chi connectivity index (χ2v) is 8.40. The van der Waals surface area contributed by atoms with Gasteiger partial charge in [0.25, 0.3) is 0 Å². The Morgan fingerprint density at radius 1 is 1.21 bits per heavy atom. The zero-order chi connectivity index (χ0) is 16.9. The van der Waals surface area contributed by atoms with E-state index in [1.54, 1.807) is 0 Å². The molecule has 2 aromatic rings. The molecule has 1 aromatic carbocycles. The van der Waals surface area contributed by atoms with Crippen LogP contribution in [0.25, 0.3) is 0 Å². The minimum absolute atomic E-state index is 0.118. The fourth-order valence-corrected chi connectivity index (χ4v) is 4.27. The average molecular weight is 378 g/mol. The van der Waals surface area contributed by atoms with E-state index in [9.17, 15) is 4.79 Å². The van der Waals surface area contributed by atoms with Crippen LogP contribution in [0.5, 0.6) is 0 Å². The summed E-state index contributed by atoms with van der Waals surface area (Å²) in [6.07, 6.45) is 0. The lowest BCUT2D eigenvalue weighted by Gasteiger charge is -2.12. The number of hydrogen-bond acceptors (Lipinski definition) is 8. The number of aromatic nitrogens is 2. The molecule has 2 heterocycles. The third-order valence-electron chi connectivity index (χ3n) is 3.07. The maximum atomic E-state index is 12.0. The van der Waals surface area contributed by atoms with Gasteiger partial charge in [0.1, 0.15) is 5.01 Å². The first-order valence-corrected chi connectivity index (χ1v) is 9.96. The second kappa shape index (κ2) is 7.91. The minimum Gasteiger partial charge on any atom is -0.303 e. The number of carbonyl (C=O) groups excluding carboxylic acids is 1. The summed E-state index contributed by atoms with van der Waals surface area (Å²) in [4.78, 5) is 12.0. The molecule has 1 aliphatic rings. The molecule has 0 radical (unpaired) electrons. The van der Waals surface area contributed by atoms with Gasteiger partial charge in [-0.15, -0.1) is 15.3 Å². The van der Waals surface area contributed by atoms with Crippen LogP contribution in [0.2, 0.25) is 0 Å². The van der Waals surface area contributed by atoms with Gasteiger partial charge in [-0.2, -0.15) is 5.10 Å². The van der Waals surface area contributed by atoms with Crippen LogP contribution in [-0.2, 0) is 4.79 Å². The van der Waals surface area contributed by atoms with Gasteiger partial charge in [-0.05, 0) is 19.4 Å². The third-order valence-corrected chi connectivity index (χ3v) is 5.92. The van der Waals surface area contributed by atoms with Crippen molar-refractivity contribution in [1.29, 1.82) is 0 Å². The lowest BCUT2D eigenvalue weighted by Crippen LogP contribution is -2.31. The van der Waals surface area contributed by atoms with Crippen molar-refractivity contribution >= 4 is 51.6 Å². The zero-order valence-corrected chi connectivity index (χ0v) is 15.6. The van der Waals surface area contributed by atoms with E-state index in [1.807, 2.05) is 26.0 Å². The van der Waals surface area contributed by atoms with Gasteiger partial charge < -0.3 is 5.32 Å². The number of rotatable bonds is 4. The quantitative estimate of drug-likeness (QED) is 0.829. The maximum Gasteiger partial charge on any atom is 0.236 e. The highest BCUT2D eigenvalue weighted by Gasteiger charge is 2.15. The number of nitrogens with zero attached hydrogens (tertiary/aromatic N) is 4. The average Bonchev–Trinajstić information content (AvgIpc) is 3.00. The van der Waals surface area contributed by atoms with Crippen LogP contribution >= 0.6 is 34.9 Å². The molecule has 9 heteroatoms. The van der Waals surface area contributed by atoms with Gasteiger partial charge in [-0.25, -0.2) is 0 Å². The monoisotopic (exact) mass is 377 g/mol. The Balaban J connectivity index is 1.54. The molecule has 1 amide bonds. The van der Waals surface area contributed by atoms with Crippen LogP contribution in [0.1, 0.15) is 16.1 Å². The fourth-order valence-electron chi connectivity index (χ4n) is 1.87. The second-order valence-electron chi connectivity index (χ2n) is 5.03. The maximum absolute atomic E-state index is 12.0. The number of nitrogens with one attached hydrogen (secondary N) is 1. The van der Waals surface area contributed by atoms with Crippen molar-refractivity contribution in [3.63, 3.8) is 0 Å². The molecular formula is C15H15N5OS3. The Morgan fingerprint density at radius 2 is 2.00 bits per heavy atom. The summed E-state index contributed by atoms with van der Waals surface area (Å²) in [5.41, 5.74) is 3.18. The van der Waals surface area contributed by atoms with Crippen molar-refractivity contribution in [2.45, 2.75) is 18.2 Å². The van der Waals surface area contributed by atoms with Crippen LogP contribution in [0.3, 0.4) is 0 Å². The largest absolute Gasteiger partial charge is 0.303 e. The molecule has 1 aromatic heterocycles. The van der Waals surface area contributed by atoms with E-state index in [2.05, 4.69) is 37.8 Å². The Bertz CT molecular complexity index is 798. The molecule has 0 aliphatic carbocycles. The summed E-state index contributed by atoms with van der Waals surface area (Å²) in [6, 6.07) is 8.18. The van der Waals surface area contributed by atoms with Crippen molar-refractivity contribution in [3.8, 4) is 0 Å². The minimum atomic E-state index is -0.118. The first-order valence-electron chi connectivity index (χ1n) is 7.17. The number of hydrogen-bond donors (Lipinski definition) is 1. The Labute approximate surface area is 152 Å². The fraction of sp³-hybridized carbons (Fsp3) is 0.267. The van der Waals surface area contributed by atoms with Crippen molar-refractivity contribution in [3.05, 3.63) is 40.4 Å². The summed E-state index contributed by atoms with van der Waals surface area (Å²) < 4.78 is 0.792. The van der Waals surface area contributed by atoms with Gasteiger partial charge in [0.2, 0.25) is 5.91 Å². The highest BCUT2D eigenvalue weighted by molar-refractivity contribution is 8.14. The highest BCUT2D eigenvalue weighted by Crippen LogP contribution is 2.21. The number of thioether (sulfide) groups is 2. The van der Waals surface area contributed by atoms with Crippen molar-refractivity contribution < 1.29 is 4.79 Å². The van der Waals surface area contributed by atoms with E-state index in [-0.39, 0.29) is 11.7 Å². The molecule has 0 saturated carbocycles. The van der Waals surface area contributed by atoms with E-state index in [4.69, 9.17) is 0 Å². The van der Waals surface area contributed by atoms with Crippen molar-refractivity contribution in [1.82, 2.24) is 15.5 Å². The van der Waals surface area contributed by atoms with E-state index >= 15 is 0 Å². The molecule has 124 valence electrons. The van der Waals surface area contributed by atoms with E-state index in [0.29, 0.717) is 10.9 Å². The van der Waals surface area contributed by atoms with E-state index < -0.39 is 0 Å². The summed E-state index contributed by atoms with van der Waals surface area (Å²) in [5.74, 6) is 0.848. The SMILES string of the molecule is Cc1ccc(C2=NN=C(NC(=O)CSc3nnc(C)s3)SC2)cc1. The summed E-state index contributed by atoms with van der Waals surface area (Å²) in [6.45, 7) is 3.94. The van der Waals surface area contributed by atoms with Crippen LogP contribution < -0.4 is 5.32 Å². The first-order chi connectivity index (χ1) is 11.6. The van der Waals surface area contributed by atoms with Gasteiger partial charge in [0.05, 0.1) is 11.5 Å². The Kier molecular flexibility index (Phi) is 5.64. The van der Waals surface area contributed by atoms with Gasteiger partial charge in [-0.1, -0.05) is 64.7 Å². The van der Waals surface area contributed by atoms with Gasteiger partial charge in [-0.3, -0.25) is 4.79 Å². The Hall–Kier alpha value is -1.71. The summed E-state index contributed by atoms with van der Waals surface area (Å²) in [5, 5.41) is 20.4. The van der Waals surface area contributed by atoms with Crippen molar-refractivity contribution in [2.75, 3.05) is 11.5 Å². The number of amidine groups is 1. The predicted octanol–water partition coefficient (Wildman–Crippen LogP) is 2.87. The molecule has 0 atom stereocenters. The van der Waals surface area contributed by atoms with Gasteiger partial charge in [0, 0.05) is 5.75 Å². The number of aryl methyl sites for hydroxylation is 2. The molecule has 0 spiro atoms. The molecule has 1 aliphatic heterocycles. The van der Waals surface area contributed by atoms with Crippen LogP contribution in [-0.4, -0.2) is 38.5 Å². The molecule has 1 N–H and O–H groups in total. The molecule has 24 heavy (non-hydrogen) atoms. The van der Waals surface area contributed by atoms with Crippen LogP contribution in [0, 0.1) is 13.8 Å². The van der Waals surface area contributed by atoms with E-state index in [0.717, 1.165) is 20.6 Å². The van der Waals surface area contributed by atoms with E-state index in [1.165, 1.54) is 40.4 Å². The third kappa shape index (κ3) is 4.65. The lowest BCUT2D eigenvalue weighted by atomic mass is 10.1. The topological polar surface area (TPSA) is 79.6 Å². The molecule has 0 saturated heterocycles. The molecular weight excluding hydrogens is 362 g/mol. The smallest absolute Gasteiger partial charge is 0.236 e.